The van der Waals surface area contributed by atoms with Crippen LogP contribution >= 0.6 is 0 Å². The lowest BCUT2D eigenvalue weighted by atomic mass is 9.92. The highest BCUT2D eigenvalue weighted by Crippen LogP contribution is 2.44. The molecule has 3 aliphatic rings. The van der Waals surface area contributed by atoms with Crippen LogP contribution in [0.2, 0.25) is 0 Å². The van der Waals surface area contributed by atoms with Crippen LogP contribution in [0, 0.1) is 5.92 Å². The number of carbonyl (C=O) groups excluding carboxylic acids is 3. The molecule has 60 heavy (non-hydrogen) atoms. The lowest BCUT2D eigenvalue weighted by molar-refractivity contribution is -0.139. The minimum Gasteiger partial charge on any atom is -0.488 e. The lowest BCUT2D eigenvalue weighted by Gasteiger charge is -2.33. The second-order valence-electron chi connectivity index (χ2n) is 16.6. The molecule has 5 N–H and O–H groups in total. The van der Waals surface area contributed by atoms with Gasteiger partial charge in [-0.05, 0) is 98.7 Å². The van der Waals surface area contributed by atoms with Gasteiger partial charge in [0.15, 0.2) is 0 Å². The van der Waals surface area contributed by atoms with Crippen molar-refractivity contribution < 1.29 is 38.5 Å². The highest BCUT2D eigenvalue weighted by Gasteiger charge is 2.43. The number of carboxylic acid groups (broad SMARTS) is 1. The fourth-order valence-corrected chi connectivity index (χ4v) is 9.20. The van der Waals surface area contributed by atoms with Crippen LogP contribution in [-0.2, 0) is 25.7 Å². The Morgan fingerprint density at radius 3 is 2.22 bits per heavy atom. The van der Waals surface area contributed by atoms with Crippen LogP contribution in [0.1, 0.15) is 89.6 Å². The first-order valence-corrected chi connectivity index (χ1v) is 20.6. The number of hydrogen-bond donors (Lipinski definition) is 5. The van der Waals surface area contributed by atoms with E-state index in [1.54, 1.807) is 22.9 Å². The third-order valence-corrected chi connectivity index (χ3v) is 12.5. The molecule has 3 unspecified atom stereocenters. The number of benzene rings is 3. The standard InChI is InChI=1S/C44H52N8O8/c1-21(2)36(49-43(55)56)41(53)51-22(3)8-14-33(51)39-45-19-32(47-39)26-10-12-28-27(16-26)20-60-35-18-29-25(17-30(28)35)11-13-31-38(29)48-40(46-31)34-15-9-23(4)52(34)42(54)37(24(5)58-6)50-44(57)59-7/h10-13,16-19,21-24,33-34,36-37,49H,8-9,14-15,20H2,1-7H3,(H,45,47)(H,46,48)(H,50,57)(H,55,56)/t22-,23-,24?,33-,34-,36?,37?/m0/s1. The van der Waals surface area contributed by atoms with Gasteiger partial charge < -0.3 is 49.7 Å². The molecule has 2 aromatic heterocycles. The Bertz CT molecular complexity index is 2480. The van der Waals surface area contributed by atoms with E-state index in [-0.39, 0.29) is 41.9 Å². The molecule has 7 atom stereocenters. The van der Waals surface area contributed by atoms with Gasteiger partial charge >= 0.3 is 12.2 Å². The number of nitrogens with one attached hydrogen (secondary N) is 4. The van der Waals surface area contributed by atoms with Crippen LogP contribution in [0.3, 0.4) is 0 Å². The Kier molecular flexibility index (Phi) is 10.9. The number of rotatable bonds is 10. The van der Waals surface area contributed by atoms with Crippen molar-refractivity contribution >= 4 is 45.8 Å². The number of methoxy groups -OCH3 is 2. The maximum atomic E-state index is 14.0. The average molecular weight is 821 g/mol. The normalized spacial score (nSPS) is 21.3. The number of ether oxygens (including phenoxy) is 3. The van der Waals surface area contributed by atoms with Crippen LogP contribution in [0.15, 0.2) is 48.7 Å². The van der Waals surface area contributed by atoms with Crippen molar-refractivity contribution in [3.8, 4) is 28.1 Å². The fourth-order valence-electron chi connectivity index (χ4n) is 9.20. The maximum Gasteiger partial charge on any atom is 0.407 e. The number of nitrogens with zero attached hydrogens (tertiary/aromatic N) is 4. The summed E-state index contributed by atoms with van der Waals surface area (Å²) in [7, 11) is 2.76. The Morgan fingerprint density at radius 2 is 1.55 bits per heavy atom. The van der Waals surface area contributed by atoms with Crippen molar-refractivity contribution in [2.45, 2.75) is 109 Å². The van der Waals surface area contributed by atoms with E-state index < -0.39 is 30.4 Å². The number of aromatic nitrogens is 4. The number of carbonyl (C=O) groups is 4. The van der Waals surface area contributed by atoms with Crippen molar-refractivity contribution in [3.05, 3.63) is 65.9 Å². The molecule has 16 nitrogen and oxygen atoms in total. The minimum atomic E-state index is -1.22. The molecular weight excluding hydrogens is 769 g/mol. The zero-order chi connectivity index (χ0) is 42.6. The van der Waals surface area contributed by atoms with Gasteiger partial charge in [-0.15, -0.1) is 0 Å². The smallest absolute Gasteiger partial charge is 0.407 e. The van der Waals surface area contributed by atoms with Gasteiger partial charge in [-0.25, -0.2) is 19.6 Å². The largest absolute Gasteiger partial charge is 0.488 e. The SMILES string of the molecule is COC(=O)NC(C(=O)N1[C@@H](C)CC[C@H]1c1nc2c(ccc3cc4c(cc32)OCc2cc(-c3cnc([C@@H]5CC[C@H](C)N5C(=O)C(NC(=O)O)C(C)C)[nH]3)ccc2-4)[nH]1)C(C)OC. The van der Waals surface area contributed by atoms with E-state index in [9.17, 15) is 24.3 Å². The molecule has 0 aliphatic carbocycles. The zero-order valence-electron chi connectivity index (χ0n) is 34.9. The molecule has 5 heterocycles. The predicted molar refractivity (Wildman–Crippen MR) is 223 cm³/mol. The summed E-state index contributed by atoms with van der Waals surface area (Å²) >= 11 is 0. The molecule has 2 fully saturated rings. The molecule has 4 amide bonds. The van der Waals surface area contributed by atoms with E-state index in [1.165, 1.54) is 14.2 Å². The van der Waals surface area contributed by atoms with Gasteiger partial charge in [0.2, 0.25) is 11.8 Å². The molecule has 16 heteroatoms. The van der Waals surface area contributed by atoms with Crippen molar-refractivity contribution in [2.75, 3.05) is 14.2 Å². The van der Waals surface area contributed by atoms with Crippen molar-refractivity contribution in [1.82, 2.24) is 40.4 Å². The first kappa shape index (κ1) is 40.6. The van der Waals surface area contributed by atoms with E-state index in [0.717, 1.165) is 74.8 Å². The zero-order valence-corrected chi connectivity index (χ0v) is 34.9. The predicted octanol–water partition coefficient (Wildman–Crippen LogP) is 6.82. The van der Waals surface area contributed by atoms with Crippen LogP contribution in [-0.4, -0.2) is 103 Å². The lowest BCUT2D eigenvalue weighted by Crippen LogP contribution is -2.55. The number of aromatic amines is 2. The molecule has 3 aliphatic heterocycles. The number of likely N-dealkylation sites (tertiary alicyclic amines) is 2. The Morgan fingerprint density at radius 1 is 0.850 bits per heavy atom. The van der Waals surface area contributed by atoms with Gasteiger partial charge in [-0.3, -0.25) is 9.59 Å². The number of alkyl carbamates (subject to hydrolysis) is 1. The molecule has 8 rings (SSSR count). The van der Waals surface area contributed by atoms with Crippen molar-refractivity contribution in [2.24, 2.45) is 5.92 Å². The van der Waals surface area contributed by atoms with Gasteiger partial charge in [-0.1, -0.05) is 32.0 Å². The Hall–Kier alpha value is -6.16. The van der Waals surface area contributed by atoms with E-state index >= 15 is 0 Å². The van der Waals surface area contributed by atoms with Crippen LogP contribution in [0.4, 0.5) is 9.59 Å². The topological polar surface area (TPSA) is 204 Å². The molecule has 2 saturated heterocycles. The van der Waals surface area contributed by atoms with E-state index in [1.807, 2.05) is 39.8 Å². The Labute approximate surface area is 347 Å². The number of hydrogen-bond acceptors (Lipinski definition) is 9. The number of imidazole rings is 2. The summed E-state index contributed by atoms with van der Waals surface area (Å²) in [5.74, 6) is 1.37. The van der Waals surface area contributed by atoms with E-state index in [0.29, 0.717) is 24.7 Å². The number of amides is 4. The third-order valence-electron chi connectivity index (χ3n) is 12.5. The van der Waals surface area contributed by atoms with Gasteiger partial charge in [0.05, 0.1) is 48.2 Å². The molecule has 0 bridgehead atoms. The number of fused-ring (bicyclic) bond motifs is 6. The van der Waals surface area contributed by atoms with Gasteiger partial charge in [0.25, 0.3) is 0 Å². The highest BCUT2D eigenvalue weighted by molar-refractivity contribution is 6.07. The molecule has 3 aromatic carbocycles. The summed E-state index contributed by atoms with van der Waals surface area (Å²) in [4.78, 5) is 71.8. The second-order valence-corrected chi connectivity index (χ2v) is 16.6. The summed E-state index contributed by atoms with van der Waals surface area (Å²) in [6, 6.07) is 11.9. The molecular formula is C44H52N8O8. The number of H-pyrrole nitrogens is 2. The first-order valence-electron chi connectivity index (χ1n) is 20.6. The average Bonchev–Trinajstić information content (AvgIpc) is 4.06. The molecule has 5 aromatic rings. The van der Waals surface area contributed by atoms with E-state index in [2.05, 4.69) is 50.9 Å². The summed E-state index contributed by atoms with van der Waals surface area (Å²) in [5.41, 5.74) is 6.41. The van der Waals surface area contributed by atoms with E-state index in [4.69, 9.17) is 24.2 Å². The van der Waals surface area contributed by atoms with Gasteiger partial charge in [0, 0.05) is 30.1 Å². The maximum absolute atomic E-state index is 14.0. The van der Waals surface area contributed by atoms with Gasteiger partial charge in [-0.2, -0.15) is 0 Å². The third kappa shape index (κ3) is 7.26. The van der Waals surface area contributed by atoms with Crippen LogP contribution in [0.25, 0.3) is 44.2 Å². The summed E-state index contributed by atoms with van der Waals surface area (Å²) < 4.78 is 16.7. The Balaban J connectivity index is 1.05. The van der Waals surface area contributed by atoms with Crippen LogP contribution in [0.5, 0.6) is 5.75 Å². The monoisotopic (exact) mass is 820 g/mol. The minimum absolute atomic E-state index is 0.0604. The van der Waals surface area contributed by atoms with Gasteiger partial charge in [0.1, 0.15) is 36.1 Å². The molecule has 0 radical (unpaired) electrons. The van der Waals surface area contributed by atoms with Crippen LogP contribution < -0.4 is 15.4 Å². The second kappa shape index (κ2) is 16.1. The molecule has 316 valence electrons. The first-order chi connectivity index (χ1) is 28.8. The summed E-state index contributed by atoms with van der Waals surface area (Å²) in [6.07, 6.45) is 2.25. The highest BCUT2D eigenvalue weighted by atomic mass is 16.5. The molecule has 0 spiro atoms. The summed E-state index contributed by atoms with van der Waals surface area (Å²) in [6.45, 7) is 9.75. The fraction of sp³-hybridized carbons (Fsp3) is 0.455. The molecule has 0 saturated carbocycles. The quantitative estimate of drug-likeness (QED) is 0.0995. The van der Waals surface area contributed by atoms with Crippen molar-refractivity contribution in [3.63, 3.8) is 0 Å². The summed E-state index contributed by atoms with van der Waals surface area (Å²) in [5, 5.41) is 16.4. The van der Waals surface area contributed by atoms with Crippen molar-refractivity contribution in [1.29, 1.82) is 0 Å².